The fourth-order valence-electron chi connectivity index (χ4n) is 3.82. The van der Waals surface area contributed by atoms with Crippen LogP contribution in [0.15, 0.2) is 77.7 Å². The molecule has 0 aliphatic rings. The van der Waals surface area contributed by atoms with Gasteiger partial charge in [0.15, 0.2) is 0 Å². The number of hydrogen-bond acceptors (Lipinski definition) is 5. The number of sulfonamides is 1. The number of nitrogens with zero attached hydrogens (tertiary/aromatic N) is 2. The van der Waals surface area contributed by atoms with E-state index in [1.807, 2.05) is 0 Å². The molecule has 8 nitrogen and oxygen atoms in total. The van der Waals surface area contributed by atoms with Gasteiger partial charge in [-0.1, -0.05) is 59.6 Å². The Bertz CT molecular complexity index is 1370. The van der Waals surface area contributed by atoms with Gasteiger partial charge in [0, 0.05) is 29.2 Å². The highest BCUT2D eigenvalue weighted by molar-refractivity contribution is 7.92. The van der Waals surface area contributed by atoms with Crippen LogP contribution in [0.4, 0.5) is 5.69 Å². The summed E-state index contributed by atoms with van der Waals surface area (Å²) in [4.78, 5) is 27.7. The van der Waals surface area contributed by atoms with Crippen LogP contribution in [0.25, 0.3) is 0 Å². The molecule has 0 aliphatic heterocycles. The summed E-state index contributed by atoms with van der Waals surface area (Å²) in [7, 11) is -2.76. The van der Waals surface area contributed by atoms with Crippen LogP contribution in [-0.2, 0) is 26.2 Å². The van der Waals surface area contributed by atoms with Crippen molar-refractivity contribution < 1.29 is 22.7 Å². The molecule has 38 heavy (non-hydrogen) atoms. The maximum absolute atomic E-state index is 13.9. The van der Waals surface area contributed by atoms with Gasteiger partial charge < -0.3 is 15.0 Å². The number of carbonyl (C=O) groups is 2. The second-order valence-electron chi connectivity index (χ2n) is 8.24. The lowest BCUT2D eigenvalue weighted by molar-refractivity contribution is -0.139. The van der Waals surface area contributed by atoms with Crippen molar-refractivity contribution in [1.29, 1.82) is 0 Å². The molecule has 3 aromatic rings. The van der Waals surface area contributed by atoms with E-state index in [4.69, 9.17) is 27.9 Å². The van der Waals surface area contributed by atoms with Crippen molar-refractivity contribution in [3.05, 3.63) is 88.4 Å². The van der Waals surface area contributed by atoms with Gasteiger partial charge in [-0.3, -0.25) is 13.9 Å². The first kappa shape index (κ1) is 29.3. The second kappa shape index (κ2) is 13.0. The zero-order chi connectivity index (χ0) is 27.9. The Hall–Kier alpha value is -3.27. The zero-order valence-corrected chi connectivity index (χ0v) is 23.6. The van der Waals surface area contributed by atoms with E-state index in [1.165, 1.54) is 24.1 Å². The zero-order valence-electron chi connectivity index (χ0n) is 21.2. The highest BCUT2D eigenvalue weighted by Crippen LogP contribution is 2.33. The van der Waals surface area contributed by atoms with Gasteiger partial charge in [-0.15, -0.1) is 0 Å². The van der Waals surface area contributed by atoms with Crippen molar-refractivity contribution in [1.82, 2.24) is 10.2 Å². The first-order valence-corrected chi connectivity index (χ1v) is 14.0. The summed E-state index contributed by atoms with van der Waals surface area (Å²) in [5, 5.41) is 3.16. The molecule has 0 heterocycles. The van der Waals surface area contributed by atoms with Gasteiger partial charge in [-0.05, 0) is 50.2 Å². The monoisotopic (exact) mass is 577 g/mol. The molecule has 0 saturated heterocycles. The van der Waals surface area contributed by atoms with E-state index < -0.39 is 34.4 Å². The number of carbonyl (C=O) groups excluding carboxylic acids is 2. The predicted molar refractivity (Wildman–Crippen MR) is 149 cm³/mol. The fraction of sp³-hybridized carbons (Fsp3) is 0.259. The number of amides is 2. The Labute approximate surface area is 233 Å². The topological polar surface area (TPSA) is 96.0 Å². The maximum Gasteiger partial charge on any atom is 0.264 e. The SMILES string of the molecule is CCOc1ccccc1N(CC(=O)N(Cc1c(Cl)cccc1Cl)C(C)C(=O)NC)S(=O)(=O)c1ccccc1. The Kier molecular flexibility index (Phi) is 10.0. The third kappa shape index (κ3) is 6.59. The van der Waals surface area contributed by atoms with E-state index in [2.05, 4.69) is 5.32 Å². The number of rotatable bonds is 11. The van der Waals surface area contributed by atoms with E-state index in [0.29, 0.717) is 21.4 Å². The number of anilines is 1. The van der Waals surface area contributed by atoms with Crippen LogP contribution in [0, 0.1) is 0 Å². The number of benzene rings is 3. The standard InChI is InChI=1S/C27H29Cl2N3O5S/c1-4-37-25-16-9-8-15-24(25)32(38(35,36)20-11-6-5-7-12-20)18-26(33)31(19(2)27(34)30-3)17-21-22(28)13-10-14-23(21)29/h5-16,19H,4,17-18H2,1-3H3,(H,30,34). The molecule has 1 unspecified atom stereocenters. The molecule has 0 fully saturated rings. The van der Waals surface area contributed by atoms with Crippen LogP contribution >= 0.6 is 23.2 Å². The van der Waals surface area contributed by atoms with Gasteiger partial charge in [-0.2, -0.15) is 0 Å². The summed E-state index contributed by atoms with van der Waals surface area (Å²) in [6, 6.07) is 18.3. The van der Waals surface area contributed by atoms with Crippen LogP contribution in [0.5, 0.6) is 5.75 Å². The minimum Gasteiger partial charge on any atom is -0.492 e. The summed E-state index contributed by atoms with van der Waals surface area (Å²) in [6.07, 6.45) is 0. The van der Waals surface area contributed by atoms with Crippen LogP contribution in [0.3, 0.4) is 0 Å². The Morgan fingerprint density at radius 3 is 2.16 bits per heavy atom. The van der Waals surface area contributed by atoms with Gasteiger partial charge in [-0.25, -0.2) is 8.42 Å². The first-order valence-electron chi connectivity index (χ1n) is 11.8. The van der Waals surface area contributed by atoms with E-state index in [-0.39, 0.29) is 23.7 Å². The predicted octanol–water partition coefficient (Wildman–Crippen LogP) is 4.75. The Balaban J connectivity index is 2.11. The van der Waals surface area contributed by atoms with Gasteiger partial charge >= 0.3 is 0 Å². The summed E-state index contributed by atoms with van der Waals surface area (Å²) in [5.74, 6) is -0.779. The van der Waals surface area contributed by atoms with E-state index >= 15 is 0 Å². The van der Waals surface area contributed by atoms with Gasteiger partial charge in [0.2, 0.25) is 11.8 Å². The summed E-state index contributed by atoms with van der Waals surface area (Å²) >= 11 is 12.7. The van der Waals surface area contributed by atoms with Crippen molar-refractivity contribution in [2.24, 2.45) is 0 Å². The molecule has 0 bridgehead atoms. The third-order valence-corrected chi connectivity index (χ3v) is 8.33. The summed E-state index contributed by atoms with van der Waals surface area (Å²) in [5.41, 5.74) is 0.627. The highest BCUT2D eigenvalue weighted by Gasteiger charge is 2.34. The van der Waals surface area contributed by atoms with Crippen molar-refractivity contribution in [2.45, 2.75) is 31.3 Å². The van der Waals surface area contributed by atoms with Crippen LogP contribution < -0.4 is 14.4 Å². The second-order valence-corrected chi connectivity index (χ2v) is 10.9. The largest absolute Gasteiger partial charge is 0.492 e. The molecular formula is C27H29Cl2N3O5S. The normalized spacial score (nSPS) is 11.9. The van der Waals surface area contributed by atoms with Gasteiger partial charge in [0.25, 0.3) is 10.0 Å². The Morgan fingerprint density at radius 1 is 0.947 bits per heavy atom. The fourth-order valence-corrected chi connectivity index (χ4v) is 5.78. The molecule has 2 amide bonds. The first-order chi connectivity index (χ1) is 18.1. The molecule has 0 aliphatic carbocycles. The summed E-state index contributed by atoms with van der Waals surface area (Å²) < 4.78 is 34.4. The van der Waals surface area contributed by atoms with Gasteiger partial charge in [0.05, 0.1) is 17.2 Å². The molecule has 0 spiro atoms. The van der Waals surface area contributed by atoms with Crippen LogP contribution in [0.2, 0.25) is 10.0 Å². The van der Waals surface area contributed by atoms with Crippen molar-refractivity contribution >= 4 is 50.7 Å². The number of halogens is 2. The molecule has 11 heteroatoms. The third-order valence-electron chi connectivity index (χ3n) is 5.85. The molecule has 3 aromatic carbocycles. The molecule has 0 aromatic heterocycles. The number of hydrogen-bond donors (Lipinski definition) is 1. The summed E-state index contributed by atoms with van der Waals surface area (Å²) in [6.45, 7) is 2.89. The molecule has 202 valence electrons. The lowest BCUT2D eigenvalue weighted by Gasteiger charge is -2.32. The average Bonchev–Trinajstić information content (AvgIpc) is 2.91. The van der Waals surface area contributed by atoms with Gasteiger partial charge in [0.1, 0.15) is 18.3 Å². The quantitative estimate of drug-likeness (QED) is 0.354. The average molecular weight is 579 g/mol. The van der Waals surface area contributed by atoms with Crippen LogP contribution in [0.1, 0.15) is 19.4 Å². The lowest BCUT2D eigenvalue weighted by Crippen LogP contribution is -2.50. The van der Waals surface area contributed by atoms with E-state index in [1.54, 1.807) is 74.5 Å². The highest BCUT2D eigenvalue weighted by atomic mass is 35.5. The van der Waals surface area contributed by atoms with Crippen molar-refractivity contribution in [3.63, 3.8) is 0 Å². The minimum absolute atomic E-state index is 0.000787. The Morgan fingerprint density at radius 2 is 1.55 bits per heavy atom. The minimum atomic E-state index is -4.21. The van der Waals surface area contributed by atoms with Crippen molar-refractivity contribution in [3.8, 4) is 5.75 Å². The molecule has 1 N–H and O–H groups in total. The molecule has 0 radical (unpaired) electrons. The number of para-hydroxylation sites is 2. The molecule has 0 saturated carbocycles. The van der Waals surface area contributed by atoms with Crippen LogP contribution in [-0.4, -0.2) is 51.4 Å². The number of likely N-dealkylation sites (N-methyl/N-ethyl adjacent to an activating group) is 1. The van der Waals surface area contributed by atoms with Crippen molar-refractivity contribution in [2.75, 3.05) is 24.5 Å². The number of ether oxygens (including phenoxy) is 1. The number of nitrogens with one attached hydrogen (secondary N) is 1. The lowest BCUT2D eigenvalue weighted by atomic mass is 10.1. The molecule has 3 rings (SSSR count). The maximum atomic E-state index is 13.9. The van der Waals surface area contributed by atoms with E-state index in [0.717, 1.165) is 4.31 Å². The smallest absolute Gasteiger partial charge is 0.264 e. The molecule has 1 atom stereocenters. The molecular weight excluding hydrogens is 549 g/mol. The van der Waals surface area contributed by atoms with E-state index in [9.17, 15) is 18.0 Å².